The molecule has 0 aromatic heterocycles. The number of carbonyl (C=O) groups excluding carboxylic acids is 1. The van der Waals surface area contributed by atoms with E-state index in [2.05, 4.69) is 12.2 Å². The molecule has 1 N–H and O–H groups in total. The van der Waals surface area contributed by atoms with E-state index in [4.69, 9.17) is 0 Å². The monoisotopic (exact) mass is 234 g/mol. The molecule has 3 heteroatoms. The third-order valence-corrected chi connectivity index (χ3v) is 2.77. The minimum atomic E-state index is 0.106. The van der Waals surface area contributed by atoms with Gasteiger partial charge in [0.05, 0.1) is 5.56 Å². The second kappa shape index (κ2) is 6.94. The highest BCUT2D eigenvalue weighted by Crippen LogP contribution is 2.17. The van der Waals surface area contributed by atoms with Crippen molar-refractivity contribution < 1.29 is 4.79 Å². The second-order valence-corrected chi connectivity index (χ2v) is 3.95. The van der Waals surface area contributed by atoms with Crippen molar-refractivity contribution >= 4 is 11.6 Å². The molecule has 1 amide bonds. The summed E-state index contributed by atoms with van der Waals surface area (Å²) in [5.41, 5.74) is 1.70. The van der Waals surface area contributed by atoms with Crippen LogP contribution in [0.25, 0.3) is 0 Å². The van der Waals surface area contributed by atoms with Gasteiger partial charge < -0.3 is 10.2 Å². The predicted molar refractivity (Wildman–Crippen MR) is 72.5 cm³/mol. The summed E-state index contributed by atoms with van der Waals surface area (Å²) in [6.07, 6.45) is 1.05. The van der Waals surface area contributed by atoms with Gasteiger partial charge in [0.25, 0.3) is 5.91 Å². The first-order valence-electron chi connectivity index (χ1n) is 6.36. The summed E-state index contributed by atoms with van der Waals surface area (Å²) in [6.45, 7) is 8.51. The van der Waals surface area contributed by atoms with E-state index in [1.54, 1.807) is 0 Å². The molecule has 1 rings (SSSR count). The maximum Gasteiger partial charge on any atom is 0.255 e. The average molecular weight is 234 g/mol. The Bertz CT molecular complexity index is 359. The van der Waals surface area contributed by atoms with Crippen LogP contribution in [0.15, 0.2) is 24.3 Å². The largest absolute Gasteiger partial charge is 0.384 e. The number of anilines is 1. The number of amides is 1. The summed E-state index contributed by atoms with van der Waals surface area (Å²) in [7, 11) is 0. The molecule has 0 unspecified atom stereocenters. The van der Waals surface area contributed by atoms with Gasteiger partial charge in [-0.2, -0.15) is 0 Å². The predicted octanol–water partition coefficient (Wildman–Crippen LogP) is 2.99. The quantitative estimate of drug-likeness (QED) is 0.820. The third kappa shape index (κ3) is 3.48. The average Bonchev–Trinajstić information content (AvgIpc) is 2.38. The zero-order valence-electron chi connectivity index (χ0n) is 11.0. The van der Waals surface area contributed by atoms with Crippen LogP contribution >= 0.6 is 0 Å². The maximum absolute atomic E-state index is 12.3. The standard InChI is InChI=1S/C14H22N2O/c1-4-11-15-13-10-8-7-9-12(13)14(17)16(5-2)6-3/h7-10,15H,4-6,11H2,1-3H3. The number of carbonyl (C=O) groups is 1. The van der Waals surface area contributed by atoms with Gasteiger partial charge in [0.15, 0.2) is 0 Å². The van der Waals surface area contributed by atoms with E-state index in [1.807, 2.05) is 43.0 Å². The smallest absolute Gasteiger partial charge is 0.255 e. The Morgan fingerprint density at radius 2 is 1.82 bits per heavy atom. The number of nitrogens with zero attached hydrogens (tertiary/aromatic N) is 1. The van der Waals surface area contributed by atoms with E-state index in [0.717, 1.165) is 37.3 Å². The minimum absolute atomic E-state index is 0.106. The Labute approximate surface area is 104 Å². The van der Waals surface area contributed by atoms with Crippen LogP contribution in [0, 0.1) is 0 Å². The van der Waals surface area contributed by atoms with Crippen LogP contribution in [0.3, 0.4) is 0 Å². The van der Waals surface area contributed by atoms with E-state index >= 15 is 0 Å². The lowest BCUT2D eigenvalue weighted by molar-refractivity contribution is 0.0774. The van der Waals surface area contributed by atoms with Crippen molar-refractivity contribution in [2.24, 2.45) is 0 Å². The molecule has 0 heterocycles. The van der Waals surface area contributed by atoms with Gasteiger partial charge in [-0.1, -0.05) is 19.1 Å². The van der Waals surface area contributed by atoms with Crippen molar-refractivity contribution in [2.45, 2.75) is 27.2 Å². The molecule has 0 saturated carbocycles. The molecular weight excluding hydrogens is 212 g/mol. The Morgan fingerprint density at radius 1 is 1.18 bits per heavy atom. The lowest BCUT2D eigenvalue weighted by Crippen LogP contribution is -2.31. The number of hydrogen-bond donors (Lipinski definition) is 1. The molecule has 0 aliphatic heterocycles. The lowest BCUT2D eigenvalue weighted by atomic mass is 10.1. The van der Waals surface area contributed by atoms with Gasteiger partial charge >= 0.3 is 0 Å². The molecule has 0 atom stereocenters. The normalized spacial score (nSPS) is 10.1. The Morgan fingerprint density at radius 3 is 2.41 bits per heavy atom. The highest BCUT2D eigenvalue weighted by molar-refractivity contribution is 5.99. The molecule has 0 radical (unpaired) electrons. The number of para-hydroxylation sites is 1. The maximum atomic E-state index is 12.3. The number of rotatable bonds is 6. The van der Waals surface area contributed by atoms with Crippen molar-refractivity contribution in [1.82, 2.24) is 4.90 Å². The lowest BCUT2D eigenvalue weighted by Gasteiger charge is -2.20. The van der Waals surface area contributed by atoms with Crippen LogP contribution < -0.4 is 5.32 Å². The summed E-state index contributed by atoms with van der Waals surface area (Å²) < 4.78 is 0. The van der Waals surface area contributed by atoms with Gasteiger partial charge in [-0.05, 0) is 32.4 Å². The molecule has 1 aromatic carbocycles. The Hall–Kier alpha value is -1.51. The van der Waals surface area contributed by atoms with E-state index in [9.17, 15) is 4.79 Å². The van der Waals surface area contributed by atoms with Crippen molar-refractivity contribution in [1.29, 1.82) is 0 Å². The molecule has 0 spiro atoms. The third-order valence-electron chi connectivity index (χ3n) is 2.77. The molecule has 1 aromatic rings. The minimum Gasteiger partial charge on any atom is -0.384 e. The second-order valence-electron chi connectivity index (χ2n) is 3.95. The first-order chi connectivity index (χ1) is 8.24. The molecule has 17 heavy (non-hydrogen) atoms. The first kappa shape index (κ1) is 13.6. The summed E-state index contributed by atoms with van der Waals surface area (Å²) in [5.74, 6) is 0.106. The molecule has 0 saturated heterocycles. The van der Waals surface area contributed by atoms with Crippen molar-refractivity contribution in [3.8, 4) is 0 Å². The van der Waals surface area contributed by atoms with Gasteiger partial charge in [0, 0.05) is 25.3 Å². The molecule has 3 nitrogen and oxygen atoms in total. The highest BCUT2D eigenvalue weighted by Gasteiger charge is 2.15. The van der Waals surface area contributed by atoms with Crippen LogP contribution in [0.5, 0.6) is 0 Å². The molecule has 0 aliphatic carbocycles. The number of nitrogens with one attached hydrogen (secondary N) is 1. The molecule has 0 fully saturated rings. The summed E-state index contributed by atoms with van der Waals surface area (Å²) in [4.78, 5) is 14.1. The molecular formula is C14H22N2O. The van der Waals surface area contributed by atoms with Gasteiger partial charge in [-0.25, -0.2) is 0 Å². The zero-order chi connectivity index (χ0) is 12.7. The van der Waals surface area contributed by atoms with Crippen LogP contribution in [0.1, 0.15) is 37.6 Å². The highest BCUT2D eigenvalue weighted by atomic mass is 16.2. The van der Waals surface area contributed by atoms with E-state index in [-0.39, 0.29) is 5.91 Å². The molecule has 0 aliphatic rings. The summed E-state index contributed by atoms with van der Waals surface area (Å²) in [5, 5.41) is 3.30. The van der Waals surface area contributed by atoms with Gasteiger partial charge in [-0.3, -0.25) is 4.79 Å². The van der Waals surface area contributed by atoms with Gasteiger partial charge in [0.2, 0.25) is 0 Å². The topological polar surface area (TPSA) is 32.3 Å². The van der Waals surface area contributed by atoms with Crippen molar-refractivity contribution in [2.75, 3.05) is 25.0 Å². The fourth-order valence-electron chi connectivity index (χ4n) is 1.76. The molecule has 94 valence electrons. The molecule has 0 bridgehead atoms. The van der Waals surface area contributed by atoms with E-state index in [1.165, 1.54) is 0 Å². The number of benzene rings is 1. The van der Waals surface area contributed by atoms with Crippen LogP contribution in [0.2, 0.25) is 0 Å². The zero-order valence-corrected chi connectivity index (χ0v) is 11.0. The first-order valence-corrected chi connectivity index (χ1v) is 6.36. The SMILES string of the molecule is CCCNc1ccccc1C(=O)N(CC)CC. The van der Waals surface area contributed by atoms with Crippen molar-refractivity contribution in [3.05, 3.63) is 29.8 Å². The Kier molecular flexibility index (Phi) is 5.53. The summed E-state index contributed by atoms with van der Waals surface area (Å²) >= 11 is 0. The van der Waals surface area contributed by atoms with Crippen LogP contribution in [-0.2, 0) is 0 Å². The fraction of sp³-hybridized carbons (Fsp3) is 0.500. The summed E-state index contributed by atoms with van der Waals surface area (Å²) in [6, 6.07) is 7.72. The number of hydrogen-bond acceptors (Lipinski definition) is 2. The van der Waals surface area contributed by atoms with Gasteiger partial charge in [0.1, 0.15) is 0 Å². The van der Waals surface area contributed by atoms with Crippen molar-refractivity contribution in [3.63, 3.8) is 0 Å². The Balaban J connectivity index is 2.91. The van der Waals surface area contributed by atoms with E-state index < -0.39 is 0 Å². The van der Waals surface area contributed by atoms with Gasteiger partial charge in [-0.15, -0.1) is 0 Å². The van der Waals surface area contributed by atoms with Crippen LogP contribution in [0.4, 0.5) is 5.69 Å². The van der Waals surface area contributed by atoms with Crippen LogP contribution in [-0.4, -0.2) is 30.4 Å². The van der Waals surface area contributed by atoms with E-state index in [0.29, 0.717) is 0 Å². The fourth-order valence-corrected chi connectivity index (χ4v) is 1.76.